The molecule has 0 spiro atoms. The minimum Gasteiger partial charge on any atom is -0.322 e. The highest BCUT2D eigenvalue weighted by molar-refractivity contribution is 6.04. The van der Waals surface area contributed by atoms with Crippen LogP contribution in [0.25, 0.3) is 0 Å². The molecule has 1 heterocycles. The maximum absolute atomic E-state index is 13.0. The first-order valence-corrected chi connectivity index (χ1v) is 8.35. The number of hydrogen-bond acceptors (Lipinski definition) is 4. The summed E-state index contributed by atoms with van der Waals surface area (Å²) >= 11 is 0. The molecule has 3 rings (SSSR count). The highest BCUT2D eigenvalue weighted by atomic mass is 19.1. The lowest BCUT2D eigenvalue weighted by molar-refractivity contribution is -0.384. The lowest BCUT2D eigenvalue weighted by Gasteiger charge is -2.10. The summed E-state index contributed by atoms with van der Waals surface area (Å²) in [5.41, 5.74) is 0.949. The van der Waals surface area contributed by atoms with E-state index in [4.69, 9.17) is 0 Å². The minimum absolute atomic E-state index is 0.0673. The number of rotatable bonds is 5. The van der Waals surface area contributed by atoms with Crippen molar-refractivity contribution >= 4 is 17.3 Å². The van der Waals surface area contributed by atoms with E-state index in [1.807, 2.05) is 0 Å². The van der Waals surface area contributed by atoms with E-state index in [2.05, 4.69) is 5.32 Å². The number of carbonyl (C=O) groups is 1. The topological polar surface area (TPSA) is 94.2 Å². The third-order valence-electron chi connectivity index (χ3n) is 4.20. The molecule has 1 aromatic heterocycles. The number of anilines is 1. The van der Waals surface area contributed by atoms with E-state index in [0.29, 0.717) is 16.8 Å². The molecule has 2 aromatic carbocycles. The van der Waals surface area contributed by atoms with E-state index < -0.39 is 16.4 Å². The van der Waals surface area contributed by atoms with Crippen molar-refractivity contribution in [2.45, 2.75) is 13.5 Å². The van der Waals surface area contributed by atoms with Crippen LogP contribution in [0.5, 0.6) is 0 Å². The fraction of sp³-hybridized carbons (Fsp3) is 0.100. The number of halogens is 1. The molecule has 0 aliphatic heterocycles. The Bertz CT molecular complexity index is 1110. The van der Waals surface area contributed by atoms with Gasteiger partial charge in [-0.1, -0.05) is 12.1 Å². The van der Waals surface area contributed by atoms with Crippen molar-refractivity contribution < 1.29 is 14.1 Å². The second-order valence-electron chi connectivity index (χ2n) is 6.19. The van der Waals surface area contributed by atoms with Gasteiger partial charge in [0.1, 0.15) is 11.4 Å². The first-order valence-electron chi connectivity index (χ1n) is 8.35. The van der Waals surface area contributed by atoms with Crippen LogP contribution in [0.1, 0.15) is 21.5 Å². The Kier molecular flexibility index (Phi) is 5.30. The first-order chi connectivity index (χ1) is 13.3. The molecule has 0 aliphatic rings. The van der Waals surface area contributed by atoms with Gasteiger partial charge >= 0.3 is 0 Å². The fourth-order valence-electron chi connectivity index (χ4n) is 2.71. The number of aromatic nitrogens is 1. The number of benzene rings is 2. The molecule has 1 amide bonds. The molecule has 0 saturated carbocycles. The number of nitro benzene ring substituents is 1. The lowest BCUT2D eigenvalue weighted by atomic mass is 10.1. The predicted octanol–water partition coefficient (Wildman–Crippen LogP) is 3.50. The van der Waals surface area contributed by atoms with Crippen LogP contribution in [-0.2, 0) is 6.54 Å². The molecule has 0 unspecified atom stereocenters. The number of nitro groups is 1. The zero-order valence-corrected chi connectivity index (χ0v) is 14.9. The summed E-state index contributed by atoms with van der Waals surface area (Å²) < 4.78 is 14.4. The maximum Gasteiger partial charge on any atom is 0.269 e. The number of non-ortho nitro benzene ring substituents is 1. The standard InChI is InChI=1S/C20H16FN3O4/c1-13-11-16(24(27)28)8-9-18(13)22-19(25)17-3-2-10-23(20(17)26)12-14-4-6-15(21)7-5-14/h2-11H,12H2,1H3,(H,22,25). The van der Waals surface area contributed by atoms with E-state index in [0.717, 1.165) is 0 Å². The molecule has 0 radical (unpaired) electrons. The Morgan fingerprint density at radius 1 is 1.18 bits per heavy atom. The third kappa shape index (κ3) is 4.12. The Labute approximate surface area is 159 Å². The smallest absolute Gasteiger partial charge is 0.269 e. The highest BCUT2D eigenvalue weighted by Gasteiger charge is 2.15. The summed E-state index contributed by atoms with van der Waals surface area (Å²) in [6.07, 6.45) is 1.54. The molecule has 28 heavy (non-hydrogen) atoms. The van der Waals surface area contributed by atoms with Crippen LogP contribution >= 0.6 is 0 Å². The summed E-state index contributed by atoms with van der Waals surface area (Å²) in [7, 11) is 0. The third-order valence-corrected chi connectivity index (χ3v) is 4.20. The Morgan fingerprint density at radius 2 is 1.89 bits per heavy atom. The molecular weight excluding hydrogens is 365 g/mol. The average Bonchev–Trinajstić information content (AvgIpc) is 2.66. The van der Waals surface area contributed by atoms with Crippen molar-refractivity contribution in [1.29, 1.82) is 0 Å². The van der Waals surface area contributed by atoms with Gasteiger partial charge in [-0.2, -0.15) is 0 Å². The van der Waals surface area contributed by atoms with Gasteiger partial charge in [-0.25, -0.2) is 4.39 Å². The van der Waals surface area contributed by atoms with Crippen LogP contribution in [0.2, 0.25) is 0 Å². The summed E-state index contributed by atoms with van der Waals surface area (Å²) in [6, 6.07) is 12.7. The van der Waals surface area contributed by atoms with E-state index in [9.17, 15) is 24.1 Å². The number of aryl methyl sites for hydroxylation is 1. The molecule has 0 bridgehead atoms. The molecule has 8 heteroatoms. The number of nitrogens with one attached hydrogen (secondary N) is 1. The quantitative estimate of drug-likeness (QED) is 0.541. The zero-order chi connectivity index (χ0) is 20.3. The molecule has 0 atom stereocenters. The van der Waals surface area contributed by atoms with Crippen LogP contribution in [0, 0.1) is 22.9 Å². The number of nitrogens with zero attached hydrogens (tertiary/aromatic N) is 2. The van der Waals surface area contributed by atoms with Crippen LogP contribution in [0.15, 0.2) is 65.6 Å². The van der Waals surface area contributed by atoms with Crippen LogP contribution in [-0.4, -0.2) is 15.4 Å². The van der Waals surface area contributed by atoms with Gasteiger partial charge in [0.2, 0.25) is 0 Å². The molecule has 1 N–H and O–H groups in total. The number of amides is 1. The second kappa shape index (κ2) is 7.83. The van der Waals surface area contributed by atoms with Crippen molar-refractivity contribution in [3.8, 4) is 0 Å². The van der Waals surface area contributed by atoms with Gasteiger partial charge in [0.05, 0.1) is 11.5 Å². The van der Waals surface area contributed by atoms with E-state index >= 15 is 0 Å². The van der Waals surface area contributed by atoms with Crippen LogP contribution in [0.4, 0.5) is 15.8 Å². The Balaban J connectivity index is 1.83. The van der Waals surface area contributed by atoms with E-state index in [1.54, 1.807) is 31.3 Å². The molecule has 7 nitrogen and oxygen atoms in total. The maximum atomic E-state index is 13.0. The largest absolute Gasteiger partial charge is 0.322 e. The van der Waals surface area contributed by atoms with Crippen LogP contribution < -0.4 is 10.9 Å². The SMILES string of the molecule is Cc1cc([N+](=O)[O-])ccc1NC(=O)c1cccn(Cc2ccc(F)cc2)c1=O. The fourth-order valence-corrected chi connectivity index (χ4v) is 2.71. The number of carbonyl (C=O) groups excluding carboxylic acids is 1. The number of pyridine rings is 1. The molecule has 3 aromatic rings. The summed E-state index contributed by atoms with van der Waals surface area (Å²) in [6.45, 7) is 1.82. The molecule has 142 valence electrons. The van der Waals surface area contributed by atoms with Gasteiger partial charge in [0, 0.05) is 24.0 Å². The minimum atomic E-state index is -0.615. The van der Waals surface area contributed by atoms with Crippen molar-refractivity contribution in [2.24, 2.45) is 0 Å². The Morgan fingerprint density at radius 3 is 2.54 bits per heavy atom. The van der Waals surface area contributed by atoms with Gasteiger partial charge in [-0.05, 0) is 48.4 Å². The van der Waals surface area contributed by atoms with Crippen molar-refractivity contribution in [3.63, 3.8) is 0 Å². The van der Waals surface area contributed by atoms with Gasteiger partial charge in [0.15, 0.2) is 0 Å². The zero-order valence-electron chi connectivity index (χ0n) is 14.9. The van der Waals surface area contributed by atoms with Crippen LogP contribution in [0.3, 0.4) is 0 Å². The normalized spacial score (nSPS) is 10.5. The van der Waals surface area contributed by atoms with Crippen molar-refractivity contribution in [1.82, 2.24) is 4.57 Å². The van der Waals surface area contributed by atoms with E-state index in [1.165, 1.54) is 41.0 Å². The summed E-state index contributed by atoms with van der Waals surface area (Å²) in [4.78, 5) is 35.5. The lowest BCUT2D eigenvalue weighted by Crippen LogP contribution is -2.29. The van der Waals surface area contributed by atoms with E-state index in [-0.39, 0.29) is 23.6 Å². The monoisotopic (exact) mass is 381 g/mol. The van der Waals surface area contributed by atoms with Gasteiger partial charge in [-0.3, -0.25) is 19.7 Å². The molecule has 0 fully saturated rings. The molecule has 0 aliphatic carbocycles. The van der Waals surface area contributed by atoms with Gasteiger partial charge in [0.25, 0.3) is 17.2 Å². The molecule has 0 saturated heterocycles. The second-order valence-corrected chi connectivity index (χ2v) is 6.19. The van der Waals surface area contributed by atoms with Crippen molar-refractivity contribution in [3.05, 3.63) is 104 Å². The number of hydrogen-bond donors (Lipinski definition) is 1. The Hall–Kier alpha value is -3.81. The van der Waals surface area contributed by atoms with Gasteiger partial charge in [-0.15, -0.1) is 0 Å². The summed E-state index contributed by atoms with van der Waals surface area (Å²) in [5.74, 6) is -0.988. The predicted molar refractivity (Wildman–Crippen MR) is 102 cm³/mol. The van der Waals surface area contributed by atoms with Gasteiger partial charge < -0.3 is 9.88 Å². The highest BCUT2D eigenvalue weighted by Crippen LogP contribution is 2.21. The first kappa shape index (κ1) is 19.0. The van der Waals surface area contributed by atoms with Crippen molar-refractivity contribution in [2.75, 3.05) is 5.32 Å². The average molecular weight is 381 g/mol. The molecular formula is C20H16FN3O4. The summed E-state index contributed by atoms with van der Waals surface area (Å²) in [5, 5.41) is 13.4.